The number of amides is 1. The maximum Gasteiger partial charge on any atom is 0.266 e. The van der Waals surface area contributed by atoms with Gasteiger partial charge in [0.15, 0.2) is 0 Å². The summed E-state index contributed by atoms with van der Waals surface area (Å²) in [6.07, 6.45) is 0. The van der Waals surface area contributed by atoms with Gasteiger partial charge in [-0.3, -0.25) is 4.79 Å². The van der Waals surface area contributed by atoms with Crippen molar-refractivity contribution in [3.63, 3.8) is 0 Å². The second-order valence-corrected chi connectivity index (χ2v) is 5.58. The minimum absolute atomic E-state index is 0.0848. The highest BCUT2D eigenvalue weighted by Gasteiger charge is 2.23. The van der Waals surface area contributed by atoms with Crippen molar-refractivity contribution in [2.45, 2.75) is 19.9 Å². The zero-order chi connectivity index (χ0) is 15.9. The number of benzene rings is 2. The molecule has 1 heterocycles. The number of fused-ring (bicyclic) bond motifs is 1. The van der Waals surface area contributed by atoms with Crippen molar-refractivity contribution < 1.29 is 9.18 Å². The van der Waals surface area contributed by atoms with E-state index in [1.807, 2.05) is 42.7 Å². The Labute approximate surface area is 128 Å². The largest absolute Gasteiger partial charge is 0.364 e. The molecule has 2 N–H and O–H groups in total. The van der Waals surface area contributed by atoms with E-state index in [0.29, 0.717) is 5.69 Å². The van der Waals surface area contributed by atoms with E-state index in [2.05, 4.69) is 0 Å². The Bertz CT molecular complexity index is 847. The highest BCUT2D eigenvalue weighted by molar-refractivity contribution is 6.09. The molecule has 0 bridgehead atoms. The van der Waals surface area contributed by atoms with Crippen molar-refractivity contribution in [2.75, 3.05) is 0 Å². The van der Waals surface area contributed by atoms with E-state index >= 15 is 0 Å². The molecule has 0 spiro atoms. The van der Waals surface area contributed by atoms with Crippen LogP contribution in [0.5, 0.6) is 0 Å². The molecule has 1 aromatic heterocycles. The number of hydrogen-bond donors (Lipinski definition) is 1. The first-order chi connectivity index (χ1) is 10.5. The third kappa shape index (κ3) is 2.17. The topological polar surface area (TPSA) is 48.0 Å². The lowest BCUT2D eigenvalue weighted by molar-refractivity contribution is 0.0991. The van der Waals surface area contributed by atoms with Crippen molar-refractivity contribution in [3.8, 4) is 11.1 Å². The van der Waals surface area contributed by atoms with Crippen LogP contribution in [0.15, 0.2) is 48.5 Å². The molecule has 0 radical (unpaired) electrons. The van der Waals surface area contributed by atoms with Crippen molar-refractivity contribution in [2.24, 2.45) is 5.73 Å². The summed E-state index contributed by atoms with van der Waals surface area (Å²) in [7, 11) is 0. The molecule has 0 aliphatic carbocycles. The maximum atomic E-state index is 13.2. The Morgan fingerprint density at radius 3 is 2.32 bits per heavy atom. The predicted octanol–water partition coefficient (Wildman–Crippen LogP) is 4.13. The third-order valence-electron chi connectivity index (χ3n) is 3.79. The fourth-order valence-electron chi connectivity index (χ4n) is 2.95. The molecule has 3 rings (SSSR count). The molecule has 0 fully saturated rings. The first kappa shape index (κ1) is 14.3. The first-order valence-electron chi connectivity index (χ1n) is 7.19. The number of carbonyl (C=O) groups is 1. The Morgan fingerprint density at radius 1 is 1.09 bits per heavy atom. The molecule has 2 aromatic carbocycles. The van der Waals surface area contributed by atoms with E-state index in [1.54, 1.807) is 12.1 Å². The standard InChI is InChI=1S/C18H17FN2O/c1-11(2)21-15-6-4-3-5-14(15)16(17(21)18(20)22)12-7-9-13(19)10-8-12/h3-11H,1-2H3,(H2,20,22). The normalized spacial score (nSPS) is 11.3. The summed E-state index contributed by atoms with van der Waals surface area (Å²) in [6, 6.07) is 14.0. The highest BCUT2D eigenvalue weighted by atomic mass is 19.1. The van der Waals surface area contributed by atoms with Crippen LogP contribution in [0, 0.1) is 5.82 Å². The van der Waals surface area contributed by atoms with E-state index in [4.69, 9.17) is 5.73 Å². The van der Waals surface area contributed by atoms with Gasteiger partial charge in [0.05, 0.1) is 0 Å². The predicted molar refractivity (Wildman–Crippen MR) is 86.2 cm³/mol. The highest BCUT2D eigenvalue weighted by Crippen LogP contribution is 2.36. The van der Waals surface area contributed by atoms with E-state index < -0.39 is 5.91 Å². The molecule has 0 aliphatic rings. The number of para-hydroxylation sites is 1. The van der Waals surface area contributed by atoms with Gasteiger partial charge in [-0.25, -0.2) is 4.39 Å². The fraction of sp³-hybridized carbons (Fsp3) is 0.167. The summed E-state index contributed by atoms with van der Waals surface area (Å²) in [4.78, 5) is 12.1. The molecule has 0 saturated heterocycles. The lowest BCUT2D eigenvalue weighted by Gasteiger charge is -2.13. The van der Waals surface area contributed by atoms with Crippen LogP contribution in [0.1, 0.15) is 30.4 Å². The monoisotopic (exact) mass is 296 g/mol. The number of nitrogens with two attached hydrogens (primary N) is 1. The molecule has 0 unspecified atom stereocenters. The summed E-state index contributed by atoms with van der Waals surface area (Å²) < 4.78 is 15.2. The van der Waals surface area contributed by atoms with Crippen molar-refractivity contribution >= 4 is 16.8 Å². The Balaban J connectivity index is 2.44. The zero-order valence-electron chi connectivity index (χ0n) is 12.5. The zero-order valence-corrected chi connectivity index (χ0v) is 12.5. The molecule has 0 aliphatic heterocycles. The van der Waals surface area contributed by atoms with Gasteiger partial charge in [-0.15, -0.1) is 0 Å². The van der Waals surface area contributed by atoms with Crippen molar-refractivity contribution in [1.82, 2.24) is 4.57 Å². The van der Waals surface area contributed by atoms with E-state index in [0.717, 1.165) is 22.0 Å². The van der Waals surface area contributed by atoms with Gasteiger partial charge in [0, 0.05) is 22.5 Å². The fourth-order valence-corrected chi connectivity index (χ4v) is 2.95. The molecule has 0 atom stereocenters. The van der Waals surface area contributed by atoms with Crippen molar-refractivity contribution in [3.05, 3.63) is 60.0 Å². The summed E-state index contributed by atoms with van der Waals surface area (Å²) in [5, 5.41) is 0.941. The first-order valence-corrected chi connectivity index (χ1v) is 7.19. The second-order valence-electron chi connectivity index (χ2n) is 5.58. The minimum atomic E-state index is -0.482. The van der Waals surface area contributed by atoms with Gasteiger partial charge in [-0.05, 0) is 37.6 Å². The number of halogens is 1. The van der Waals surface area contributed by atoms with Crippen LogP contribution < -0.4 is 5.73 Å². The molecule has 1 amide bonds. The molecule has 22 heavy (non-hydrogen) atoms. The number of rotatable bonds is 3. The van der Waals surface area contributed by atoms with Crippen LogP contribution in [0.4, 0.5) is 4.39 Å². The van der Waals surface area contributed by atoms with Crippen LogP contribution in [-0.2, 0) is 0 Å². The SMILES string of the molecule is CC(C)n1c(C(N)=O)c(-c2ccc(F)cc2)c2ccccc21. The Hall–Kier alpha value is -2.62. The number of primary amides is 1. The summed E-state index contributed by atoms with van der Waals surface area (Å²) in [5.74, 6) is -0.791. The lowest BCUT2D eigenvalue weighted by atomic mass is 10.0. The van der Waals surface area contributed by atoms with Gasteiger partial charge in [-0.2, -0.15) is 0 Å². The van der Waals surface area contributed by atoms with Gasteiger partial charge in [0.2, 0.25) is 0 Å². The third-order valence-corrected chi connectivity index (χ3v) is 3.79. The number of hydrogen-bond acceptors (Lipinski definition) is 1. The van der Waals surface area contributed by atoms with Crippen LogP contribution >= 0.6 is 0 Å². The summed E-state index contributed by atoms with van der Waals surface area (Å²) in [5.41, 5.74) is 8.61. The van der Waals surface area contributed by atoms with Crippen LogP contribution in [-0.4, -0.2) is 10.5 Å². The van der Waals surface area contributed by atoms with E-state index in [1.165, 1.54) is 12.1 Å². The molecule has 4 heteroatoms. The van der Waals surface area contributed by atoms with Gasteiger partial charge in [0.1, 0.15) is 11.5 Å². The molecule has 3 aromatic rings. The number of aromatic nitrogens is 1. The average molecular weight is 296 g/mol. The summed E-state index contributed by atoms with van der Waals surface area (Å²) in [6.45, 7) is 4.01. The van der Waals surface area contributed by atoms with Gasteiger partial charge in [0.25, 0.3) is 5.91 Å². The minimum Gasteiger partial charge on any atom is -0.364 e. The van der Waals surface area contributed by atoms with Gasteiger partial charge >= 0.3 is 0 Å². The van der Waals surface area contributed by atoms with Crippen LogP contribution in [0.2, 0.25) is 0 Å². The van der Waals surface area contributed by atoms with E-state index in [-0.39, 0.29) is 11.9 Å². The van der Waals surface area contributed by atoms with Crippen LogP contribution in [0.25, 0.3) is 22.0 Å². The molecular weight excluding hydrogens is 279 g/mol. The van der Waals surface area contributed by atoms with Crippen molar-refractivity contribution in [1.29, 1.82) is 0 Å². The number of carbonyl (C=O) groups excluding carboxylic acids is 1. The molecule has 3 nitrogen and oxygen atoms in total. The number of nitrogens with zero attached hydrogens (tertiary/aromatic N) is 1. The Kier molecular flexibility index (Phi) is 3.45. The summed E-state index contributed by atoms with van der Waals surface area (Å²) >= 11 is 0. The quantitative estimate of drug-likeness (QED) is 0.776. The van der Waals surface area contributed by atoms with Crippen LogP contribution in [0.3, 0.4) is 0 Å². The lowest BCUT2D eigenvalue weighted by Crippen LogP contribution is -2.19. The Morgan fingerprint density at radius 2 is 1.73 bits per heavy atom. The molecular formula is C18H17FN2O. The van der Waals surface area contributed by atoms with E-state index in [9.17, 15) is 9.18 Å². The van der Waals surface area contributed by atoms with Gasteiger partial charge < -0.3 is 10.3 Å². The smallest absolute Gasteiger partial charge is 0.266 e. The average Bonchev–Trinajstić information content (AvgIpc) is 2.83. The maximum absolute atomic E-state index is 13.2. The molecule has 112 valence electrons. The molecule has 0 saturated carbocycles. The van der Waals surface area contributed by atoms with Gasteiger partial charge in [-0.1, -0.05) is 30.3 Å². The second kappa shape index (κ2) is 5.30.